The number of nitrogens with zero attached hydrogens (tertiary/aromatic N) is 1. The molecule has 0 saturated heterocycles. The van der Waals surface area contributed by atoms with Gasteiger partial charge in [0.1, 0.15) is 5.82 Å². The zero-order chi connectivity index (χ0) is 22.5. The number of fused-ring (bicyclic) bond motifs is 1. The van der Waals surface area contributed by atoms with Crippen molar-refractivity contribution in [3.63, 3.8) is 0 Å². The Morgan fingerprint density at radius 2 is 1.56 bits per heavy atom. The first-order chi connectivity index (χ1) is 15.3. The van der Waals surface area contributed by atoms with Crippen molar-refractivity contribution in [2.45, 2.75) is 23.8 Å². The van der Waals surface area contributed by atoms with Gasteiger partial charge in [0.2, 0.25) is 0 Å². The van der Waals surface area contributed by atoms with Crippen molar-refractivity contribution in [2.75, 3.05) is 0 Å². The minimum atomic E-state index is -4.94. The maximum atomic E-state index is 14.3. The van der Waals surface area contributed by atoms with Gasteiger partial charge in [-0.05, 0) is 35.9 Å². The van der Waals surface area contributed by atoms with E-state index in [4.69, 9.17) is 27.5 Å². The van der Waals surface area contributed by atoms with Crippen molar-refractivity contribution in [3.8, 4) is 0 Å². The number of pyridine rings is 1. The normalized spacial score (nSPS) is 20.2. The number of halogens is 2. The van der Waals surface area contributed by atoms with Gasteiger partial charge in [-0.1, -0.05) is 6.07 Å². The van der Waals surface area contributed by atoms with Crippen LogP contribution in [0.25, 0.3) is 0 Å². The van der Waals surface area contributed by atoms with Crippen LogP contribution in [0.3, 0.4) is 0 Å². The van der Waals surface area contributed by atoms with Crippen LogP contribution < -0.4 is 23.2 Å². The molecule has 9 heteroatoms. The molecular formula is C23H17ClFNO6. The molecule has 32 heavy (non-hydrogen) atoms. The lowest BCUT2D eigenvalue weighted by Gasteiger charge is -2.48. The van der Waals surface area contributed by atoms with E-state index in [2.05, 4.69) is 29.0 Å². The van der Waals surface area contributed by atoms with Crippen LogP contribution in [0.5, 0.6) is 0 Å². The van der Waals surface area contributed by atoms with Gasteiger partial charge < -0.3 is 8.83 Å². The molecular weight excluding hydrogens is 441 g/mol. The fourth-order valence-electron chi connectivity index (χ4n) is 5.33. The number of benzene rings is 1. The molecule has 0 N–H and O–H groups in total. The molecule has 1 aliphatic carbocycles. The molecule has 3 aliphatic rings. The van der Waals surface area contributed by atoms with Gasteiger partial charge in [-0.25, -0.2) is 23.0 Å². The first-order valence-electron chi connectivity index (χ1n) is 9.75. The Morgan fingerprint density at radius 3 is 2.16 bits per heavy atom. The quantitative estimate of drug-likeness (QED) is 0.389. The number of hydrogen-bond donors (Lipinski definition) is 0. The molecule has 2 aliphatic heterocycles. The van der Waals surface area contributed by atoms with Gasteiger partial charge in [0.05, 0.1) is 36.4 Å². The minimum absolute atomic E-state index is 0.0235. The molecule has 0 spiro atoms. The fraction of sp³-hybridized carbons (Fsp3) is 0.174. The van der Waals surface area contributed by atoms with E-state index < -0.39 is 10.2 Å². The first kappa shape index (κ1) is 20.9. The second-order valence-electron chi connectivity index (χ2n) is 7.83. The predicted octanol–water partition coefficient (Wildman–Crippen LogP) is -0.0321. The summed E-state index contributed by atoms with van der Waals surface area (Å²) in [5.74, 6) is -0.221. The van der Waals surface area contributed by atoms with Crippen LogP contribution in [0.2, 0.25) is 0 Å². The third-order valence-electron chi connectivity index (χ3n) is 6.35. The molecule has 164 valence electrons. The summed E-state index contributed by atoms with van der Waals surface area (Å²) in [4.78, 5) is 0. The number of hydrogen-bond acceptors (Lipinski definition) is 6. The molecule has 3 aromatic heterocycles. The van der Waals surface area contributed by atoms with Crippen LogP contribution in [0.1, 0.15) is 46.3 Å². The zero-order valence-electron chi connectivity index (χ0n) is 16.5. The Labute approximate surface area is 184 Å². The molecule has 0 saturated carbocycles. The number of furan rings is 2. The van der Waals surface area contributed by atoms with Crippen LogP contribution in [-0.4, -0.2) is 0 Å². The van der Waals surface area contributed by atoms with E-state index in [1.165, 1.54) is 11.3 Å². The largest absolute Gasteiger partial charge is 0.472 e. The summed E-state index contributed by atoms with van der Waals surface area (Å²) in [7, 11) is -4.94. The Kier molecular flexibility index (Phi) is 4.92. The lowest BCUT2D eigenvalue weighted by molar-refractivity contribution is -2.00. The third-order valence-corrected chi connectivity index (χ3v) is 6.35. The summed E-state index contributed by atoms with van der Waals surface area (Å²) >= 11 is 0. The zero-order valence-corrected chi connectivity index (χ0v) is 17.3. The van der Waals surface area contributed by atoms with E-state index in [1.54, 1.807) is 24.7 Å². The lowest BCUT2D eigenvalue weighted by Crippen LogP contribution is -2.68. The van der Waals surface area contributed by atoms with Crippen molar-refractivity contribution in [3.05, 3.63) is 114 Å². The molecule has 5 heterocycles. The molecule has 0 radical (unpaired) electrons. The summed E-state index contributed by atoms with van der Waals surface area (Å²) in [5, 5.41) is 0. The Hall–Kier alpha value is -3.01. The van der Waals surface area contributed by atoms with Crippen LogP contribution in [-0.2, 0) is 5.41 Å². The molecule has 7 rings (SSSR count). The molecule has 0 amide bonds. The van der Waals surface area contributed by atoms with Gasteiger partial charge in [0.15, 0.2) is 17.9 Å². The molecule has 7 nitrogen and oxygen atoms in total. The minimum Gasteiger partial charge on any atom is -0.472 e. The van der Waals surface area contributed by atoms with E-state index in [0.717, 1.165) is 23.1 Å². The predicted molar refractivity (Wildman–Crippen MR) is 95.8 cm³/mol. The Balaban J connectivity index is 0.000000393. The molecule has 1 aromatic carbocycles. The van der Waals surface area contributed by atoms with Crippen LogP contribution >= 0.6 is 0 Å². The second-order valence-corrected chi connectivity index (χ2v) is 8.59. The number of rotatable bonds is 2. The summed E-state index contributed by atoms with van der Waals surface area (Å²) < 4.78 is 61.6. The van der Waals surface area contributed by atoms with Gasteiger partial charge in [0, 0.05) is 35.2 Å². The van der Waals surface area contributed by atoms with Gasteiger partial charge in [-0.2, -0.15) is 4.57 Å². The molecule has 0 fully saturated rings. The van der Waals surface area contributed by atoms with Crippen molar-refractivity contribution in [1.82, 2.24) is 0 Å². The highest BCUT2D eigenvalue weighted by atomic mass is 35.7. The maximum absolute atomic E-state index is 14.3. The van der Waals surface area contributed by atoms with E-state index in [9.17, 15) is 4.39 Å². The lowest BCUT2D eigenvalue weighted by atomic mass is 9.54. The monoisotopic (exact) mass is 457 g/mol. The van der Waals surface area contributed by atoms with Crippen molar-refractivity contribution in [2.24, 2.45) is 0 Å². The Morgan fingerprint density at radius 1 is 0.906 bits per heavy atom. The van der Waals surface area contributed by atoms with E-state index in [1.807, 2.05) is 30.7 Å². The first-order valence-corrected chi connectivity index (χ1v) is 11.0. The molecule has 2 unspecified atom stereocenters. The highest BCUT2D eigenvalue weighted by Gasteiger charge is 2.60. The summed E-state index contributed by atoms with van der Waals surface area (Å²) in [6.07, 6.45) is 10.1. The molecule has 2 bridgehead atoms. The number of aromatic nitrogens is 1. The van der Waals surface area contributed by atoms with Crippen molar-refractivity contribution in [1.29, 1.82) is 0 Å². The van der Waals surface area contributed by atoms with Gasteiger partial charge in [-0.15, -0.1) is 10.2 Å². The summed E-state index contributed by atoms with van der Waals surface area (Å²) in [6.45, 7) is 0. The highest BCUT2D eigenvalue weighted by Crippen LogP contribution is 2.59. The highest BCUT2D eigenvalue weighted by molar-refractivity contribution is 5.53. The van der Waals surface area contributed by atoms with Crippen LogP contribution in [0.15, 0.2) is 88.6 Å². The maximum Gasteiger partial charge on any atom is 0.190 e. The average molecular weight is 458 g/mol. The summed E-state index contributed by atoms with van der Waals surface area (Å²) in [6, 6.07) is 15.7. The molecule has 4 aromatic rings. The van der Waals surface area contributed by atoms with Crippen molar-refractivity contribution >= 4 is 0 Å². The van der Waals surface area contributed by atoms with Crippen LogP contribution in [0, 0.1) is 16.1 Å². The smallest absolute Gasteiger partial charge is 0.190 e. The SMILES string of the molecule is Fc1ccc2c(c1)C1c3cccc[n+]3C2CC1(c1ccoc1)c1ccoc1.[O-][Cl+3]([O-])([O-])[O-]. The Bertz CT molecular complexity index is 1200. The summed E-state index contributed by atoms with van der Waals surface area (Å²) in [5.41, 5.74) is 5.29. The average Bonchev–Trinajstić information content (AvgIpc) is 3.47. The standard InChI is InChI=1S/C23H17FNO2.ClHO4/c24-17-4-5-18-19(11-17)22-20-3-1-2-8-25(20)21(18)12-23(22,15-6-9-26-13-15)16-7-10-27-14-16;2-1(3,4)5/h1-11,13-14,21-22H,12H2;(H,2,3,4,5)/q+1;/p-1. The van der Waals surface area contributed by atoms with Gasteiger partial charge in [0.25, 0.3) is 0 Å². The van der Waals surface area contributed by atoms with Gasteiger partial charge >= 0.3 is 0 Å². The van der Waals surface area contributed by atoms with E-state index in [-0.39, 0.29) is 23.2 Å². The third kappa shape index (κ3) is 3.33. The fourth-order valence-corrected chi connectivity index (χ4v) is 5.33. The van der Waals surface area contributed by atoms with Gasteiger partial charge in [-0.3, -0.25) is 0 Å². The molecule has 2 atom stereocenters. The van der Waals surface area contributed by atoms with E-state index in [0.29, 0.717) is 0 Å². The van der Waals surface area contributed by atoms with E-state index >= 15 is 0 Å². The topological polar surface area (TPSA) is 122 Å². The second kappa shape index (κ2) is 7.54. The van der Waals surface area contributed by atoms with Crippen molar-refractivity contribution < 1.29 is 46.7 Å². The van der Waals surface area contributed by atoms with Crippen LogP contribution in [0.4, 0.5) is 4.39 Å².